The summed E-state index contributed by atoms with van der Waals surface area (Å²) in [5.41, 5.74) is 0.999. The quantitative estimate of drug-likeness (QED) is 0.606. The Morgan fingerprint density at radius 1 is 1.29 bits per heavy atom. The number of hydrogen-bond acceptors (Lipinski definition) is 6. The van der Waals surface area contributed by atoms with Crippen LogP contribution in [0.1, 0.15) is 49.1 Å². The van der Waals surface area contributed by atoms with Crippen molar-refractivity contribution >= 4 is 45.3 Å². The highest BCUT2D eigenvalue weighted by molar-refractivity contribution is 8.00. The molecule has 2 fully saturated rings. The summed E-state index contributed by atoms with van der Waals surface area (Å²) >= 11 is 2.81. The van der Waals surface area contributed by atoms with Crippen molar-refractivity contribution in [3.05, 3.63) is 20.8 Å². The van der Waals surface area contributed by atoms with Crippen molar-refractivity contribution in [2.45, 2.75) is 62.9 Å². The van der Waals surface area contributed by atoms with Crippen molar-refractivity contribution in [1.82, 2.24) is 19.8 Å². The standard InChI is InChI=1S/C19H24N4O3S2/c1-10-11(2)27-15-14(10)17(25)23(13-6-4-5-7-13)19(21-15)28-12(3)16(24)22-9-8-20-18(22)26/h12-13H,4-9H2,1-3H3,(H,20,26)/t12-/m0/s1. The number of urea groups is 1. The van der Waals surface area contributed by atoms with E-state index in [4.69, 9.17) is 4.98 Å². The molecule has 1 atom stereocenters. The molecule has 1 N–H and O–H groups in total. The summed E-state index contributed by atoms with van der Waals surface area (Å²) in [6, 6.07) is -0.220. The zero-order chi connectivity index (χ0) is 20.0. The largest absolute Gasteiger partial charge is 0.336 e. The molecule has 28 heavy (non-hydrogen) atoms. The number of aromatic nitrogens is 2. The molecule has 150 valence electrons. The van der Waals surface area contributed by atoms with Gasteiger partial charge in [0, 0.05) is 24.0 Å². The third-order valence-electron chi connectivity index (χ3n) is 5.65. The maximum atomic E-state index is 13.4. The first kappa shape index (κ1) is 19.4. The molecule has 0 radical (unpaired) electrons. The van der Waals surface area contributed by atoms with Gasteiger partial charge in [-0.3, -0.25) is 19.1 Å². The smallest absolute Gasteiger partial charge is 0.324 e. The molecular weight excluding hydrogens is 396 g/mol. The predicted molar refractivity (Wildman–Crippen MR) is 111 cm³/mol. The van der Waals surface area contributed by atoms with Crippen LogP contribution in [0.2, 0.25) is 0 Å². The van der Waals surface area contributed by atoms with Crippen molar-refractivity contribution in [3.63, 3.8) is 0 Å². The molecular formula is C19H24N4O3S2. The first-order valence-electron chi connectivity index (χ1n) is 9.66. The van der Waals surface area contributed by atoms with E-state index in [1.165, 1.54) is 28.0 Å². The van der Waals surface area contributed by atoms with Crippen molar-refractivity contribution in [1.29, 1.82) is 0 Å². The van der Waals surface area contributed by atoms with Crippen LogP contribution < -0.4 is 10.9 Å². The second-order valence-corrected chi connectivity index (χ2v) is 9.96. The Kier molecular flexibility index (Phi) is 5.22. The molecule has 1 aliphatic carbocycles. The maximum Gasteiger partial charge on any atom is 0.324 e. The van der Waals surface area contributed by atoms with Gasteiger partial charge in [0.2, 0.25) is 5.91 Å². The van der Waals surface area contributed by atoms with E-state index in [1.807, 2.05) is 18.4 Å². The lowest BCUT2D eigenvalue weighted by atomic mass is 10.2. The average molecular weight is 421 g/mol. The number of carbonyl (C=O) groups excluding carboxylic acids is 2. The molecule has 9 heteroatoms. The minimum Gasteiger partial charge on any atom is -0.336 e. The van der Waals surface area contributed by atoms with Gasteiger partial charge in [0.1, 0.15) is 4.83 Å². The molecule has 0 aromatic carbocycles. The molecule has 0 spiro atoms. The highest BCUT2D eigenvalue weighted by Gasteiger charge is 2.32. The van der Waals surface area contributed by atoms with Gasteiger partial charge in [0.15, 0.2) is 5.16 Å². The summed E-state index contributed by atoms with van der Waals surface area (Å²) in [6.45, 7) is 6.62. The SMILES string of the molecule is Cc1sc2nc(S[C@@H](C)C(=O)N3CCNC3=O)n(C3CCCC3)c(=O)c2c1C. The predicted octanol–water partition coefficient (Wildman–Crippen LogP) is 3.22. The second kappa shape index (κ2) is 7.51. The topological polar surface area (TPSA) is 84.3 Å². The molecule has 2 aromatic rings. The number of carbonyl (C=O) groups is 2. The third-order valence-corrected chi connectivity index (χ3v) is 7.80. The van der Waals surface area contributed by atoms with Crippen molar-refractivity contribution < 1.29 is 9.59 Å². The molecule has 0 bridgehead atoms. The Morgan fingerprint density at radius 2 is 2.00 bits per heavy atom. The minimum absolute atomic E-state index is 0.000172. The number of imide groups is 1. The van der Waals surface area contributed by atoms with E-state index in [1.54, 1.807) is 6.92 Å². The van der Waals surface area contributed by atoms with E-state index in [2.05, 4.69) is 5.32 Å². The summed E-state index contributed by atoms with van der Waals surface area (Å²) in [5, 5.41) is 3.45. The van der Waals surface area contributed by atoms with Crippen LogP contribution in [0.4, 0.5) is 4.79 Å². The van der Waals surface area contributed by atoms with Gasteiger partial charge in [-0.05, 0) is 39.2 Å². The lowest BCUT2D eigenvalue weighted by Gasteiger charge is -2.21. The van der Waals surface area contributed by atoms with Crippen LogP contribution >= 0.6 is 23.1 Å². The summed E-state index contributed by atoms with van der Waals surface area (Å²) < 4.78 is 1.81. The van der Waals surface area contributed by atoms with Crippen LogP contribution in [0.25, 0.3) is 10.2 Å². The molecule has 7 nitrogen and oxygen atoms in total. The number of fused-ring (bicyclic) bond motifs is 1. The number of thiophene rings is 1. The van der Waals surface area contributed by atoms with Gasteiger partial charge < -0.3 is 5.32 Å². The number of nitrogens with one attached hydrogen (secondary N) is 1. The molecule has 3 amide bonds. The van der Waals surface area contributed by atoms with E-state index in [0.717, 1.165) is 41.0 Å². The first-order chi connectivity index (χ1) is 13.4. The average Bonchev–Trinajstić information content (AvgIpc) is 3.37. The fraction of sp³-hybridized carbons (Fsp3) is 0.579. The number of aryl methyl sites for hydroxylation is 2. The molecule has 1 aliphatic heterocycles. The lowest BCUT2D eigenvalue weighted by Crippen LogP contribution is -2.39. The molecule has 0 unspecified atom stereocenters. The fourth-order valence-corrected chi connectivity index (χ4v) is 6.08. The van der Waals surface area contributed by atoms with Crippen molar-refractivity contribution in [2.24, 2.45) is 0 Å². The van der Waals surface area contributed by atoms with Crippen LogP contribution in [0.3, 0.4) is 0 Å². The Labute approximate surface area is 171 Å². The van der Waals surface area contributed by atoms with Crippen molar-refractivity contribution in [2.75, 3.05) is 13.1 Å². The van der Waals surface area contributed by atoms with Gasteiger partial charge in [-0.2, -0.15) is 0 Å². The van der Waals surface area contributed by atoms with Gasteiger partial charge in [0.05, 0.1) is 10.6 Å². The monoisotopic (exact) mass is 420 g/mol. The van der Waals surface area contributed by atoms with Gasteiger partial charge in [-0.15, -0.1) is 11.3 Å². The number of thioether (sulfide) groups is 1. The molecule has 1 saturated heterocycles. The minimum atomic E-state index is -0.497. The highest BCUT2D eigenvalue weighted by atomic mass is 32.2. The summed E-state index contributed by atoms with van der Waals surface area (Å²) in [4.78, 5) is 45.8. The number of rotatable bonds is 4. The molecule has 2 aliphatic rings. The summed E-state index contributed by atoms with van der Waals surface area (Å²) in [5.74, 6) is -0.245. The molecule has 2 aromatic heterocycles. The zero-order valence-corrected chi connectivity index (χ0v) is 17.9. The highest BCUT2D eigenvalue weighted by Crippen LogP contribution is 2.35. The number of amides is 3. The van der Waals surface area contributed by atoms with E-state index < -0.39 is 5.25 Å². The normalized spacial score (nSPS) is 18.8. The Morgan fingerprint density at radius 3 is 2.64 bits per heavy atom. The van der Waals surface area contributed by atoms with Crippen LogP contribution in [0, 0.1) is 13.8 Å². The van der Waals surface area contributed by atoms with Gasteiger partial charge in [-0.1, -0.05) is 24.6 Å². The van der Waals surface area contributed by atoms with Gasteiger partial charge in [-0.25, -0.2) is 9.78 Å². The number of hydrogen-bond donors (Lipinski definition) is 1. The summed E-state index contributed by atoms with van der Waals surface area (Å²) in [6.07, 6.45) is 4.12. The number of nitrogens with zero attached hydrogens (tertiary/aromatic N) is 3. The lowest BCUT2D eigenvalue weighted by molar-refractivity contribution is -0.126. The maximum absolute atomic E-state index is 13.4. The van der Waals surface area contributed by atoms with E-state index in [-0.39, 0.29) is 23.5 Å². The van der Waals surface area contributed by atoms with E-state index >= 15 is 0 Å². The van der Waals surface area contributed by atoms with Gasteiger partial charge in [0.25, 0.3) is 5.56 Å². The Bertz CT molecular complexity index is 1010. The van der Waals surface area contributed by atoms with Crippen LogP contribution in [0.15, 0.2) is 9.95 Å². The second-order valence-electron chi connectivity index (χ2n) is 7.45. The zero-order valence-electron chi connectivity index (χ0n) is 16.3. The molecule has 4 rings (SSSR count). The van der Waals surface area contributed by atoms with Crippen molar-refractivity contribution in [3.8, 4) is 0 Å². The molecule has 3 heterocycles. The van der Waals surface area contributed by atoms with Crippen LogP contribution in [-0.4, -0.2) is 44.7 Å². The Balaban J connectivity index is 1.74. The molecule has 1 saturated carbocycles. The third kappa shape index (κ3) is 3.24. The Hall–Kier alpha value is -1.87. The fourth-order valence-electron chi connectivity index (χ4n) is 3.97. The van der Waals surface area contributed by atoms with Gasteiger partial charge >= 0.3 is 6.03 Å². The van der Waals surface area contributed by atoms with E-state index in [9.17, 15) is 14.4 Å². The summed E-state index contributed by atoms with van der Waals surface area (Å²) in [7, 11) is 0. The first-order valence-corrected chi connectivity index (χ1v) is 11.4. The van der Waals surface area contributed by atoms with Crippen LogP contribution in [-0.2, 0) is 4.79 Å². The van der Waals surface area contributed by atoms with E-state index in [0.29, 0.717) is 23.6 Å². The van der Waals surface area contributed by atoms with Crippen LogP contribution in [0.5, 0.6) is 0 Å².